The number of hydrogen-bond donors (Lipinski definition) is 21. The summed E-state index contributed by atoms with van der Waals surface area (Å²) in [5, 5.41) is 80.9. The van der Waals surface area contributed by atoms with Gasteiger partial charge in [0.25, 0.3) is 0 Å². The average Bonchev–Trinajstić information content (AvgIpc) is 1.02. The minimum absolute atomic E-state index is 0.0625. The highest BCUT2D eigenvalue weighted by Crippen LogP contribution is 2.14. The van der Waals surface area contributed by atoms with Crippen LogP contribution in [-0.2, 0) is 89.6 Å². The third kappa shape index (κ3) is 31.1. The fraction of sp³-hybridized carbons (Fsp3) is 0.525. The van der Waals surface area contributed by atoms with Gasteiger partial charge in [-0.05, 0) is 87.1 Å². The molecule has 0 unspecified atom stereocenters. The zero-order chi connectivity index (χ0) is 72.4. The van der Waals surface area contributed by atoms with Gasteiger partial charge in [0, 0.05) is 43.6 Å². The van der Waals surface area contributed by atoms with Crippen molar-refractivity contribution < 1.29 is 107 Å². The number of carbonyl (C=O) groups is 16. The van der Waals surface area contributed by atoms with Crippen molar-refractivity contribution in [2.24, 2.45) is 23.1 Å². The van der Waals surface area contributed by atoms with E-state index in [1.165, 1.54) is 38.1 Å². The Bertz CT molecular complexity index is 3060. The number of nitrogens with one attached hydrogen (secondary N) is 10. The molecule has 2 aromatic carbocycles. The number of nitrogens with two attached hydrogens (primary N) is 3. The molecule has 11 amide bonds. The molecule has 0 aliphatic rings. The number of rotatable bonds is 46. The summed E-state index contributed by atoms with van der Waals surface area (Å²) in [7, 11) is 0. The molecule has 0 aliphatic carbocycles. The van der Waals surface area contributed by atoms with Crippen molar-refractivity contribution in [3.63, 3.8) is 0 Å². The van der Waals surface area contributed by atoms with Crippen LogP contribution >= 0.6 is 25.3 Å². The summed E-state index contributed by atoms with van der Waals surface area (Å²) in [5.41, 5.74) is 18.2. The Morgan fingerprint density at radius 3 is 1.16 bits per heavy atom. The molecule has 22 N–H and O–H groups in total. The number of phenols is 1. The van der Waals surface area contributed by atoms with E-state index in [-0.39, 0.29) is 50.2 Å². The van der Waals surface area contributed by atoms with E-state index in [9.17, 15) is 107 Å². The van der Waals surface area contributed by atoms with Gasteiger partial charge in [-0.3, -0.25) is 71.9 Å². The molecule has 0 saturated carbocycles. The fourth-order valence-electron chi connectivity index (χ4n) is 8.96. The van der Waals surface area contributed by atoms with Crippen LogP contribution in [0.5, 0.6) is 5.75 Å². The highest BCUT2D eigenvalue weighted by Gasteiger charge is 2.38. The molecule has 0 fully saturated rings. The van der Waals surface area contributed by atoms with E-state index in [2.05, 4.69) is 78.4 Å². The van der Waals surface area contributed by atoms with Crippen LogP contribution < -0.4 is 70.4 Å². The van der Waals surface area contributed by atoms with E-state index in [4.69, 9.17) is 17.2 Å². The molecule has 2 rings (SSSR count). The van der Waals surface area contributed by atoms with Crippen molar-refractivity contribution in [3.8, 4) is 5.75 Å². The largest absolute Gasteiger partial charge is 0.508 e. The summed E-state index contributed by atoms with van der Waals surface area (Å²) < 4.78 is 0. The molecule has 35 nitrogen and oxygen atoms in total. The number of phenolic OH excluding ortho intramolecular Hbond substituents is 1. The molecule has 96 heavy (non-hydrogen) atoms. The van der Waals surface area contributed by atoms with Crippen LogP contribution in [0.15, 0.2) is 54.6 Å². The predicted molar refractivity (Wildman–Crippen MR) is 344 cm³/mol. The Balaban J connectivity index is 2.44. The monoisotopic (exact) mass is 1390 g/mol. The summed E-state index contributed by atoms with van der Waals surface area (Å²) in [6.07, 6.45) is -7.04. The molecule has 0 saturated heterocycles. The lowest BCUT2D eigenvalue weighted by atomic mass is 10.0. The van der Waals surface area contributed by atoms with Crippen molar-refractivity contribution in [2.45, 2.75) is 170 Å². The number of primary amides is 1. The van der Waals surface area contributed by atoms with Gasteiger partial charge in [-0.1, -0.05) is 56.3 Å². The zero-order valence-corrected chi connectivity index (χ0v) is 54.3. The molecule has 0 aromatic heterocycles. The van der Waals surface area contributed by atoms with Crippen LogP contribution in [0.1, 0.15) is 102 Å². The Labute approximate surface area is 561 Å². The predicted octanol–water partition coefficient (Wildman–Crippen LogP) is -4.58. The normalized spacial score (nSPS) is 14.4. The van der Waals surface area contributed by atoms with E-state index in [0.29, 0.717) is 11.1 Å². The zero-order valence-electron chi connectivity index (χ0n) is 52.5. The number of carboxylic acid groups (broad SMARTS) is 5. The molecule has 530 valence electrons. The number of unbranched alkanes of at least 4 members (excludes halogenated alkanes) is 1. The lowest BCUT2D eigenvalue weighted by molar-refractivity contribution is -0.142. The van der Waals surface area contributed by atoms with Gasteiger partial charge in [-0.15, -0.1) is 0 Å². The van der Waals surface area contributed by atoms with Gasteiger partial charge in [0.2, 0.25) is 65.0 Å². The topological polar surface area (TPSA) is 593 Å². The number of amides is 11. The van der Waals surface area contributed by atoms with Crippen LogP contribution in [0.4, 0.5) is 0 Å². The van der Waals surface area contributed by atoms with Gasteiger partial charge in [-0.2, -0.15) is 25.3 Å². The molecule has 0 aliphatic heterocycles. The van der Waals surface area contributed by atoms with Crippen LogP contribution in [0.3, 0.4) is 0 Å². The first kappa shape index (κ1) is 82.5. The van der Waals surface area contributed by atoms with Gasteiger partial charge in [0.15, 0.2) is 0 Å². The SMILES string of the molecule is CC(C)[C@H](NC(=O)[C@H](CCC(=O)O)NC(=O)[C@H](CS)NC(=O)[C@@H](N)Cc1ccccc1)C(=O)N[C@@H](CCC(=O)O)C(=O)N[C@@H](CC(=O)O)C(=O)N[C@@H](CCC(N)=O)C(=O)N[C@@H](CCCCN)C(=O)N[C@@H](CCC(=O)O)C(=O)N[C@@H](CS)C(=O)N[C@@H](Cc1ccc(O)cc1)C(=O)O. The summed E-state index contributed by atoms with van der Waals surface area (Å²) in [6, 6.07) is -4.60. The summed E-state index contributed by atoms with van der Waals surface area (Å²) >= 11 is 8.23. The molecule has 0 heterocycles. The fourth-order valence-corrected chi connectivity index (χ4v) is 9.48. The van der Waals surface area contributed by atoms with Crippen LogP contribution in [0.25, 0.3) is 0 Å². The van der Waals surface area contributed by atoms with Gasteiger partial charge in [-0.25, -0.2) is 4.79 Å². The second kappa shape index (κ2) is 42.7. The van der Waals surface area contributed by atoms with Crippen LogP contribution in [-0.4, -0.2) is 210 Å². The minimum Gasteiger partial charge on any atom is -0.508 e. The van der Waals surface area contributed by atoms with Crippen molar-refractivity contribution in [1.82, 2.24) is 53.2 Å². The van der Waals surface area contributed by atoms with Crippen LogP contribution in [0, 0.1) is 5.92 Å². The molecule has 0 spiro atoms. The number of aliphatic carboxylic acids is 5. The first-order valence-corrected chi connectivity index (χ1v) is 31.4. The molecule has 0 bridgehead atoms. The molecular formula is C59H85N13O22S2. The van der Waals surface area contributed by atoms with Crippen molar-refractivity contribution >= 4 is 120 Å². The summed E-state index contributed by atoms with van der Waals surface area (Å²) in [4.78, 5) is 210. The quantitative estimate of drug-likeness (QED) is 0.0219. The van der Waals surface area contributed by atoms with Gasteiger partial charge >= 0.3 is 29.8 Å². The van der Waals surface area contributed by atoms with E-state index in [0.717, 1.165) is 0 Å². The van der Waals surface area contributed by atoms with E-state index in [1.807, 2.05) is 0 Å². The summed E-state index contributed by atoms with van der Waals surface area (Å²) in [5.74, 6) is -22.1. The number of carboxylic acids is 5. The maximum absolute atomic E-state index is 14.2. The minimum atomic E-state index is -2.19. The molecule has 37 heteroatoms. The third-order valence-electron chi connectivity index (χ3n) is 14.2. The highest BCUT2D eigenvalue weighted by atomic mass is 32.1. The molecule has 11 atom stereocenters. The summed E-state index contributed by atoms with van der Waals surface area (Å²) in [6.45, 7) is 2.88. The smallest absolute Gasteiger partial charge is 0.326 e. The second-order valence-electron chi connectivity index (χ2n) is 22.3. The lowest BCUT2D eigenvalue weighted by Crippen LogP contribution is -2.61. The van der Waals surface area contributed by atoms with Crippen LogP contribution in [0.2, 0.25) is 0 Å². The maximum atomic E-state index is 14.2. The lowest BCUT2D eigenvalue weighted by Gasteiger charge is -2.29. The number of aromatic hydroxyl groups is 1. The van der Waals surface area contributed by atoms with Gasteiger partial charge < -0.3 is 101 Å². The number of benzene rings is 2. The number of carbonyl (C=O) groups excluding carboxylic acids is 11. The Hall–Kier alpha value is -9.62. The van der Waals surface area contributed by atoms with E-state index >= 15 is 0 Å². The van der Waals surface area contributed by atoms with Crippen molar-refractivity contribution in [3.05, 3.63) is 65.7 Å². The first-order chi connectivity index (χ1) is 45.2. The average molecular weight is 1390 g/mol. The molecular weight excluding hydrogens is 1310 g/mol. The van der Waals surface area contributed by atoms with E-state index < -0.39 is 231 Å². The first-order valence-electron chi connectivity index (χ1n) is 30.1. The standard InChI is InChI=1S/C59H85N13O22S2/c1-29(2)48(72-54(88)38(18-22-46(79)80)66-56(90)41(27-95)70-49(83)33(61)24-30-8-4-3-5-9-30)58(92)67-37(17-21-45(77)78)52(86)68-39(26-47(81)82)55(89)65-35(15-19-43(62)74)51(85)63-34(10-6-7-23-60)50(84)64-36(16-20-44(75)76)53(87)71-42(28-96)57(91)69-40(59(93)94)25-31-11-13-32(73)14-12-31/h3-5,8-9,11-14,29,33-42,48,73,95-96H,6-7,10,15-28,60-61H2,1-2H3,(H2,62,74)(H,63,85)(H,64,84)(H,65,89)(H,66,90)(H,67,92)(H,68,86)(H,69,91)(H,70,83)(H,71,87)(H,72,88)(H,75,76)(H,77,78)(H,79,80)(H,81,82)(H,93,94)/t33-,34-,35-,36-,37-,38-,39-,40-,41-,42-,48-/m0/s1. The number of hydrogen-bond acceptors (Lipinski definition) is 21. The Morgan fingerprint density at radius 2 is 0.760 bits per heavy atom. The van der Waals surface area contributed by atoms with Crippen molar-refractivity contribution in [1.29, 1.82) is 0 Å². The molecule has 2 aromatic rings. The maximum Gasteiger partial charge on any atom is 0.326 e. The third-order valence-corrected chi connectivity index (χ3v) is 15.0. The van der Waals surface area contributed by atoms with Gasteiger partial charge in [0.1, 0.15) is 66.2 Å². The Morgan fingerprint density at radius 1 is 0.406 bits per heavy atom. The van der Waals surface area contributed by atoms with E-state index in [1.54, 1.807) is 30.3 Å². The highest BCUT2D eigenvalue weighted by molar-refractivity contribution is 7.80. The molecule has 0 radical (unpaired) electrons. The Kier molecular flexibility index (Phi) is 36.6. The number of thiol groups is 2. The second-order valence-corrected chi connectivity index (χ2v) is 23.1. The van der Waals surface area contributed by atoms with Crippen molar-refractivity contribution in [2.75, 3.05) is 18.1 Å². The van der Waals surface area contributed by atoms with Gasteiger partial charge in [0.05, 0.1) is 12.5 Å².